The van der Waals surface area contributed by atoms with Gasteiger partial charge in [0.15, 0.2) is 0 Å². The van der Waals surface area contributed by atoms with Crippen LogP contribution in [-0.4, -0.2) is 18.9 Å². The van der Waals surface area contributed by atoms with Gasteiger partial charge in [0.2, 0.25) is 0 Å². The van der Waals surface area contributed by atoms with Gasteiger partial charge in [-0.1, -0.05) is 18.2 Å². The fourth-order valence-corrected chi connectivity index (χ4v) is 2.85. The van der Waals surface area contributed by atoms with Crippen molar-refractivity contribution in [2.45, 2.75) is 16.6 Å². The van der Waals surface area contributed by atoms with Crippen LogP contribution in [0.4, 0.5) is 26.3 Å². The molecule has 0 aliphatic rings. The summed E-state index contributed by atoms with van der Waals surface area (Å²) in [7, 11) is -6.12. The Morgan fingerprint density at radius 1 is 0.950 bits per heavy atom. The van der Waals surface area contributed by atoms with Gasteiger partial charge >= 0.3 is 11.7 Å². The molecule has 1 heterocycles. The van der Waals surface area contributed by atoms with Crippen molar-refractivity contribution in [3.05, 3.63) is 30.0 Å². The average Bonchev–Trinajstić information content (AvgIpc) is 2.66. The van der Waals surface area contributed by atoms with E-state index >= 15 is 0 Å². The van der Waals surface area contributed by atoms with E-state index in [9.17, 15) is 34.8 Å². The predicted octanol–water partition coefficient (Wildman–Crippen LogP) is 3.48. The second-order valence-electron chi connectivity index (χ2n) is 3.82. The number of nitrogens with one attached hydrogen (secondary N) is 1. The summed E-state index contributed by atoms with van der Waals surface area (Å²) in [4.78, 5) is -0.120. The van der Waals surface area contributed by atoms with Gasteiger partial charge in [-0.25, -0.2) is 8.42 Å². The number of aromatic nitrogens is 1. The molecule has 1 N–H and O–H groups in total. The highest BCUT2D eigenvalue weighted by Crippen LogP contribution is 2.42. The molecule has 110 valence electrons. The Labute approximate surface area is 108 Å². The van der Waals surface area contributed by atoms with Gasteiger partial charge in [0.05, 0.1) is 0 Å². The van der Waals surface area contributed by atoms with Crippen LogP contribution in [0, 0.1) is 0 Å². The number of fused-ring (bicyclic) bond motifs is 1. The Kier molecular flexibility index (Phi) is 3.04. The Hall–Kier alpha value is -1.71. The van der Waals surface area contributed by atoms with Crippen LogP contribution in [0.3, 0.4) is 0 Å². The van der Waals surface area contributed by atoms with Crippen LogP contribution in [0.1, 0.15) is 5.69 Å². The largest absolute Gasteiger partial charge is 0.502 e. The van der Waals surface area contributed by atoms with Gasteiger partial charge in [-0.3, -0.25) is 0 Å². The van der Waals surface area contributed by atoms with Crippen molar-refractivity contribution < 1.29 is 34.8 Å². The zero-order chi connectivity index (χ0) is 15.3. The normalized spacial score (nSPS) is 13.9. The molecular formula is C10H5F6NO2S. The third-order valence-electron chi connectivity index (χ3n) is 2.52. The molecule has 1 aromatic heterocycles. The Bertz CT molecular complexity index is 756. The van der Waals surface area contributed by atoms with Crippen LogP contribution >= 0.6 is 0 Å². The topological polar surface area (TPSA) is 49.9 Å². The second kappa shape index (κ2) is 4.14. The van der Waals surface area contributed by atoms with Gasteiger partial charge in [-0.15, -0.1) is 0 Å². The molecule has 3 nitrogen and oxygen atoms in total. The van der Waals surface area contributed by atoms with Crippen molar-refractivity contribution in [3.63, 3.8) is 0 Å². The number of H-pyrrole nitrogens is 1. The van der Waals surface area contributed by atoms with Gasteiger partial charge in [0.1, 0.15) is 10.6 Å². The van der Waals surface area contributed by atoms with E-state index in [0.29, 0.717) is 0 Å². The van der Waals surface area contributed by atoms with Crippen LogP contribution in [0.5, 0.6) is 0 Å². The molecule has 0 unspecified atom stereocenters. The van der Waals surface area contributed by atoms with E-state index < -0.39 is 37.5 Å². The summed E-state index contributed by atoms with van der Waals surface area (Å²) in [6.07, 6.45) is -5.26. The van der Waals surface area contributed by atoms with Crippen LogP contribution < -0.4 is 0 Å². The van der Waals surface area contributed by atoms with Gasteiger partial charge in [0.25, 0.3) is 9.84 Å². The zero-order valence-electron chi connectivity index (χ0n) is 9.30. The molecule has 10 heteroatoms. The third-order valence-corrected chi connectivity index (χ3v) is 4.09. The first-order valence-electron chi connectivity index (χ1n) is 4.95. The van der Waals surface area contributed by atoms with Crippen LogP contribution in [0.15, 0.2) is 29.2 Å². The molecule has 0 saturated heterocycles. The first-order valence-corrected chi connectivity index (χ1v) is 6.44. The summed E-state index contributed by atoms with van der Waals surface area (Å²) in [6.45, 7) is 0. The second-order valence-corrected chi connectivity index (χ2v) is 5.70. The molecule has 1 aromatic carbocycles. The van der Waals surface area contributed by atoms with Crippen molar-refractivity contribution in [1.29, 1.82) is 0 Å². The summed E-state index contributed by atoms with van der Waals surface area (Å²) in [6, 6.07) is 4.34. The van der Waals surface area contributed by atoms with E-state index in [2.05, 4.69) is 0 Å². The molecule has 0 bridgehead atoms. The van der Waals surface area contributed by atoms with E-state index in [1.54, 1.807) is 4.98 Å². The molecule has 0 aliphatic heterocycles. The molecule has 2 rings (SSSR count). The van der Waals surface area contributed by atoms with Crippen LogP contribution in [0.2, 0.25) is 0 Å². The fourth-order valence-electron chi connectivity index (χ4n) is 1.71. The van der Waals surface area contributed by atoms with Crippen molar-refractivity contribution in [3.8, 4) is 0 Å². The number of sulfone groups is 1. The summed E-state index contributed by atoms with van der Waals surface area (Å²) in [5, 5.41) is -0.655. The molecule has 2 aromatic rings. The monoisotopic (exact) mass is 317 g/mol. The molecule has 0 spiro atoms. The highest BCUT2D eigenvalue weighted by atomic mass is 32.2. The molecule has 0 amide bonds. The van der Waals surface area contributed by atoms with Gasteiger partial charge in [-0.05, 0) is 6.07 Å². The zero-order valence-corrected chi connectivity index (χ0v) is 10.1. The fraction of sp³-hybridized carbons (Fsp3) is 0.200. The lowest BCUT2D eigenvalue weighted by atomic mass is 10.2. The maximum atomic E-state index is 12.7. The third kappa shape index (κ3) is 2.13. The number of aromatic amines is 1. The van der Waals surface area contributed by atoms with E-state index in [1.807, 2.05) is 0 Å². The molecule has 0 radical (unpaired) electrons. The summed E-state index contributed by atoms with van der Waals surface area (Å²) in [5.74, 6) is 0. The molecule has 0 atom stereocenters. The number of hydrogen-bond acceptors (Lipinski definition) is 2. The van der Waals surface area contributed by atoms with Crippen molar-refractivity contribution >= 4 is 20.7 Å². The number of hydrogen-bond donors (Lipinski definition) is 1. The molecule has 20 heavy (non-hydrogen) atoms. The first-order chi connectivity index (χ1) is 8.96. The van der Waals surface area contributed by atoms with E-state index in [0.717, 1.165) is 18.2 Å². The smallest absolute Gasteiger partial charge is 0.350 e. The standard InChI is InChI=1S/C10H5F6NO2S/c11-9(12,13)8-7(20(18,19)10(14,15)16)5-3-1-2-4-6(5)17-8/h1-4,17H. The van der Waals surface area contributed by atoms with Gasteiger partial charge in [-0.2, -0.15) is 26.3 Å². The number of alkyl halides is 6. The van der Waals surface area contributed by atoms with Gasteiger partial charge < -0.3 is 4.98 Å². The minimum Gasteiger partial charge on any atom is -0.350 e. The lowest BCUT2D eigenvalue weighted by Gasteiger charge is -2.11. The molecule has 0 aliphatic carbocycles. The number of rotatable bonds is 1. The molecular weight excluding hydrogens is 312 g/mol. The summed E-state index contributed by atoms with van der Waals surface area (Å²) < 4.78 is 98.5. The maximum absolute atomic E-state index is 12.7. The first kappa shape index (κ1) is 14.7. The Morgan fingerprint density at radius 3 is 2.00 bits per heavy atom. The minimum atomic E-state index is -6.12. The van der Waals surface area contributed by atoms with Crippen molar-refractivity contribution in [1.82, 2.24) is 4.98 Å². The van der Waals surface area contributed by atoms with E-state index in [4.69, 9.17) is 0 Å². The number of para-hydroxylation sites is 1. The van der Waals surface area contributed by atoms with Crippen molar-refractivity contribution in [2.75, 3.05) is 0 Å². The lowest BCUT2D eigenvalue weighted by molar-refractivity contribution is -0.143. The predicted molar refractivity (Wildman–Crippen MR) is 56.5 cm³/mol. The highest BCUT2D eigenvalue weighted by Gasteiger charge is 2.52. The lowest BCUT2D eigenvalue weighted by Crippen LogP contribution is -2.25. The quantitative estimate of drug-likeness (QED) is 0.819. The summed E-state index contributed by atoms with van der Waals surface area (Å²) in [5.41, 5.74) is -8.10. The average molecular weight is 317 g/mol. The molecule has 0 fully saturated rings. The number of benzene rings is 1. The van der Waals surface area contributed by atoms with Crippen LogP contribution in [-0.2, 0) is 16.0 Å². The Morgan fingerprint density at radius 2 is 1.50 bits per heavy atom. The minimum absolute atomic E-state index is 0.345. The van der Waals surface area contributed by atoms with Crippen molar-refractivity contribution in [2.24, 2.45) is 0 Å². The van der Waals surface area contributed by atoms with E-state index in [1.165, 1.54) is 6.07 Å². The van der Waals surface area contributed by atoms with E-state index in [-0.39, 0.29) is 5.52 Å². The Balaban J connectivity index is 2.94. The number of halogens is 6. The SMILES string of the molecule is O=S(=O)(c1c(C(F)(F)F)[nH]c2ccccc12)C(F)(F)F. The highest BCUT2D eigenvalue weighted by molar-refractivity contribution is 7.92. The maximum Gasteiger partial charge on any atom is 0.502 e. The summed E-state index contributed by atoms with van der Waals surface area (Å²) >= 11 is 0. The van der Waals surface area contributed by atoms with Crippen LogP contribution in [0.25, 0.3) is 10.9 Å². The van der Waals surface area contributed by atoms with Gasteiger partial charge in [0, 0.05) is 10.9 Å². The molecule has 0 saturated carbocycles.